The summed E-state index contributed by atoms with van der Waals surface area (Å²) in [7, 11) is 1.67. The molecule has 0 atom stereocenters. The number of carbonyl (C=O) groups excluding carboxylic acids is 1. The summed E-state index contributed by atoms with van der Waals surface area (Å²) < 4.78 is 5.03. The summed E-state index contributed by atoms with van der Waals surface area (Å²) in [5, 5.41) is 8.94. The molecule has 0 aromatic heterocycles. The molecule has 0 bridgehead atoms. The Hall–Kier alpha value is -2.53. The maximum atomic E-state index is 11.9. The number of ether oxygens (including phenoxy) is 1. The van der Waals surface area contributed by atoms with Gasteiger partial charge in [-0.3, -0.25) is 0 Å². The van der Waals surface area contributed by atoms with Crippen LogP contribution in [0.4, 0.5) is 16.2 Å². The van der Waals surface area contributed by atoms with Crippen molar-refractivity contribution in [2.24, 2.45) is 0 Å². The molecule has 22 heavy (non-hydrogen) atoms. The summed E-state index contributed by atoms with van der Waals surface area (Å²) in [6.45, 7) is 1.81. The first-order valence-corrected chi connectivity index (χ1v) is 7.20. The quantitative estimate of drug-likeness (QED) is 0.689. The maximum absolute atomic E-state index is 11.9. The zero-order chi connectivity index (χ0) is 15.6. The summed E-state index contributed by atoms with van der Waals surface area (Å²) in [5.41, 5.74) is 2.80. The van der Waals surface area contributed by atoms with Crippen molar-refractivity contribution in [3.8, 4) is 0 Å². The summed E-state index contributed by atoms with van der Waals surface area (Å²) >= 11 is 0. The molecule has 0 saturated heterocycles. The monoisotopic (exact) mass is 299 g/mol. The fourth-order valence-electron chi connectivity index (χ4n) is 2.01. The highest BCUT2D eigenvalue weighted by molar-refractivity contribution is 5.89. The number of nitrogens with one attached hydrogen (secondary N) is 3. The summed E-state index contributed by atoms with van der Waals surface area (Å²) in [4.78, 5) is 11.9. The van der Waals surface area contributed by atoms with Crippen molar-refractivity contribution in [2.75, 3.05) is 30.9 Å². The molecule has 0 radical (unpaired) electrons. The highest BCUT2D eigenvalue weighted by Gasteiger charge is 2.04. The fourth-order valence-corrected chi connectivity index (χ4v) is 2.01. The lowest BCUT2D eigenvalue weighted by atomic mass is 10.2. The minimum Gasteiger partial charge on any atom is -0.383 e. The lowest BCUT2D eigenvalue weighted by Gasteiger charge is -2.13. The van der Waals surface area contributed by atoms with Crippen LogP contribution in [0.2, 0.25) is 0 Å². The van der Waals surface area contributed by atoms with Crippen LogP contribution in [0.15, 0.2) is 54.6 Å². The van der Waals surface area contributed by atoms with E-state index in [-0.39, 0.29) is 6.03 Å². The molecular weight excluding hydrogens is 278 g/mol. The summed E-state index contributed by atoms with van der Waals surface area (Å²) in [5.74, 6) is 0. The van der Waals surface area contributed by atoms with E-state index < -0.39 is 0 Å². The zero-order valence-electron chi connectivity index (χ0n) is 12.6. The molecule has 0 spiro atoms. The van der Waals surface area contributed by atoms with Crippen LogP contribution < -0.4 is 16.0 Å². The molecule has 0 heterocycles. The zero-order valence-corrected chi connectivity index (χ0v) is 12.6. The van der Waals surface area contributed by atoms with Gasteiger partial charge in [0, 0.05) is 31.6 Å². The Morgan fingerprint density at radius 3 is 2.55 bits per heavy atom. The molecule has 5 nitrogen and oxygen atoms in total. The van der Waals surface area contributed by atoms with E-state index in [9.17, 15) is 4.79 Å². The molecular formula is C17H21N3O2. The molecule has 3 N–H and O–H groups in total. The maximum Gasteiger partial charge on any atom is 0.319 e. The van der Waals surface area contributed by atoms with Crippen molar-refractivity contribution in [2.45, 2.75) is 6.54 Å². The van der Waals surface area contributed by atoms with Crippen LogP contribution in [0, 0.1) is 0 Å². The second-order valence-corrected chi connectivity index (χ2v) is 4.75. The molecule has 0 aliphatic carbocycles. The highest BCUT2D eigenvalue weighted by Crippen LogP contribution is 2.14. The molecule has 2 aromatic carbocycles. The first-order chi connectivity index (χ1) is 10.8. The lowest BCUT2D eigenvalue weighted by Crippen LogP contribution is -2.28. The molecule has 5 heteroatoms. The Balaban J connectivity index is 1.86. The second-order valence-electron chi connectivity index (χ2n) is 4.75. The average molecular weight is 299 g/mol. The van der Waals surface area contributed by atoms with Crippen LogP contribution in [0.5, 0.6) is 0 Å². The number of para-hydroxylation sites is 2. The minimum atomic E-state index is -0.224. The van der Waals surface area contributed by atoms with E-state index in [1.807, 2.05) is 54.6 Å². The van der Waals surface area contributed by atoms with Gasteiger partial charge in [-0.25, -0.2) is 4.79 Å². The van der Waals surface area contributed by atoms with E-state index in [2.05, 4.69) is 16.0 Å². The SMILES string of the molecule is COCCNc1ccccc1CNC(=O)Nc1ccccc1. The smallest absolute Gasteiger partial charge is 0.319 e. The van der Waals surface area contributed by atoms with Gasteiger partial charge in [-0.2, -0.15) is 0 Å². The molecule has 0 aliphatic rings. The summed E-state index contributed by atoms with van der Waals surface area (Å²) in [6, 6.07) is 17.0. The predicted octanol–water partition coefficient (Wildman–Crippen LogP) is 3.07. The second kappa shape index (κ2) is 8.69. The van der Waals surface area contributed by atoms with E-state index in [0.29, 0.717) is 13.2 Å². The third-order valence-electron chi connectivity index (χ3n) is 3.11. The Kier molecular flexibility index (Phi) is 6.26. The van der Waals surface area contributed by atoms with Crippen LogP contribution in [0.25, 0.3) is 0 Å². The standard InChI is InChI=1S/C17H21N3O2/c1-22-12-11-18-16-10-6-5-7-14(16)13-19-17(21)20-15-8-3-2-4-9-15/h2-10,18H,11-13H2,1H3,(H2,19,20,21). The van der Waals surface area contributed by atoms with Crippen molar-refractivity contribution in [3.63, 3.8) is 0 Å². The van der Waals surface area contributed by atoms with Crippen molar-refractivity contribution in [3.05, 3.63) is 60.2 Å². The van der Waals surface area contributed by atoms with Gasteiger partial charge in [0.1, 0.15) is 0 Å². The molecule has 2 amide bonds. The van der Waals surface area contributed by atoms with Gasteiger partial charge in [0.15, 0.2) is 0 Å². The third kappa shape index (κ3) is 5.10. The molecule has 2 aromatic rings. The van der Waals surface area contributed by atoms with Gasteiger partial charge in [-0.15, -0.1) is 0 Å². The van der Waals surface area contributed by atoms with Crippen LogP contribution in [0.1, 0.15) is 5.56 Å². The van der Waals surface area contributed by atoms with Crippen molar-refractivity contribution >= 4 is 17.4 Å². The number of methoxy groups -OCH3 is 1. The first kappa shape index (κ1) is 15.9. The number of rotatable bonds is 7. The van der Waals surface area contributed by atoms with Gasteiger partial charge in [0.05, 0.1) is 6.61 Å². The minimum absolute atomic E-state index is 0.224. The Morgan fingerprint density at radius 1 is 1.05 bits per heavy atom. The Morgan fingerprint density at radius 2 is 1.77 bits per heavy atom. The van der Waals surface area contributed by atoms with Crippen molar-refractivity contribution in [1.82, 2.24) is 5.32 Å². The number of hydrogen-bond acceptors (Lipinski definition) is 3. The van der Waals surface area contributed by atoms with Crippen molar-refractivity contribution in [1.29, 1.82) is 0 Å². The number of amides is 2. The van der Waals surface area contributed by atoms with Crippen LogP contribution >= 0.6 is 0 Å². The summed E-state index contributed by atoms with van der Waals surface area (Å²) in [6.07, 6.45) is 0. The van der Waals surface area contributed by atoms with Crippen LogP contribution in [0.3, 0.4) is 0 Å². The molecule has 0 saturated carbocycles. The molecule has 0 unspecified atom stereocenters. The van der Waals surface area contributed by atoms with E-state index >= 15 is 0 Å². The molecule has 116 valence electrons. The average Bonchev–Trinajstić information content (AvgIpc) is 2.55. The van der Waals surface area contributed by atoms with E-state index in [1.165, 1.54) is 0 Å². The normalized spacial score (nSPS) is 10.0. The van der Waals surface area contributed by atoms with E-state index in [0.717, 1.165) is 23.5 Å². The lowest BCUT2D eigenvalue weighted by molar-refractivity contribution is 0.210. The highest BCUT2D eigenvalue weighted by atomic mass is 16.5. The number of urea groups is 1. The predicted molar refractivity (Wildman–Crippen MR) is 89.1 cm³/mol. The third-order valence-corrected chi connectivity index (χ3v) is 3.11. The Bertz CT molecular complexity index is 587. The number of anilines is 2. The van der Waals surface area contributed by atoms with Crippen molar-refractivity contribution < 1.29 is 9.53 Å². The molecule has 0 aliphatic heterocycles. The van der Waals surface area contributed by atoms with Gasteiger partial charge < -0.3 is 20.7 Å². The van der Waals surface area contributed by atoms with E-state index in [1.54, 1.807) is 7.11 Å². The molecule has 0 fully saturated rings. The van der Waals surface area contributed by atoms with Gasteiger partial charge in [0.2, 0.25) is 0 Å². The van der Waals surface area contributed by atoms with Gasteiger partial charge in [-0.05, 0) is 23.8 Å². The largest absolute Gasteiger partial charge is 0.383 e. The number of hydrogen-bond donors (Lipinski definition) is 3. The van der Waals surface area contributed by atoms with Crippen LogP contribution in [-0.2, 0) is 11.3 Å². The number of benzene rings is 2. The van der Waals surface area contributed by atoms with Crippen LogP contribution in [-0.4, -0.2) is 26.3 Å². The van der Waals surface area contributed by atoms with E-state index in [4.69, 9.17) is 4.74 Å². The number of carbonyl (C=O) groups is 1. The van der Waals surface area contributed by atoms with Gasteiger partial charge in [-0.1, -0.05) is 36.4 Å². The first-order valence-electron chi connectivity index (χ1n) is 7.20. The van der Waals surface area contributed by atoms with Gasteiger partial charge in [0.25, 0.3) is 0 Å². The molecule has 2 rings (SSSR count). The fraction of sp³-hybridized carbons (Fsp3) is 0.235. The van der Waals surface area contributed by atoms with Gasteiger partial charge >= 0.3 is 6.03 Å². The topological polar surface area (TPSA) is 62.4 Å². The Labute approximate surface area is 130 Å².